The lowest BCUT2D eigenvalue weighted by molar-refractivity contribution is 0.0745. The van der Waals surface area contributed by atoms with Crippen LogP contribution in [0.1, 0.15) is 29.6 Å². The largest absolute Gasteiger partial charge is 0.507 e. The van der Waals surface area contributed by atoms with Crippen LogP contribution in [-0.2, 0) is 0 Å². The molecule has 0 radical (unpaired) electrons. The molecule has 2 rings (SSSR count). The number of benzene rings is 1. The Kier molecular flexibility index (Phi) is 3.91. The number of aromatic hydroxyl groups is 1. The standard InChI is InChI=1S/C13H16INO2/c1-15(8-9-3-2-4-9)13(17)10-5-6-11(14)12(16)7-10/h5-7,9,16H,2-4,8H2,1H3. The van der Waals surface area contributed by atoms with E-state index < -0.39 is 0 Å². The molecule has 4 heteroatoms. The van der Waals surface area contributed by atoms with Crippen molar-refractivity contribution in [3.8, 4) is 5.75 Å². The fourth-order valence-corrected chi connectivity index (χ4v) is 2.35. The van der Waals surface area contributed by atoms with Crippen molar-refractivity contribution >= 4 is 28.5 Å². The number of rotatable bonds is 3. The maximum atomic E-state index is 12.1. The number of hydrogen-bond acceptors (Lipinski definition) is 2. The summed E-state index contributed by atoms with van der Waals surface area (Å²) in [5.41, 5.74) is 0.560. The van der Waals surface area contributed by atoms with Crippen molar-refractivity contribution in [3.63, 3.8) is 0 Å². The van der Waals surface area contributed by atoms with Crippen LogP contribution < -0.4 is 0 Å². The number of phenolic OH excluding ortho intramolecular Hbond substituents is 1. The molecule has 0 aromatic heterocycles. The van der Waals surface area contributed by atoms with Crippen LogP contribution in [-0.4, -0.2) is 29.5 Å². The first-order valence-corrected chi connectivity index (χ1v) is 6.90. The summed E-state index contributed by atoms with van der Waals surface area (Å²) in [6, 6.07) is 5.07. The number of hydrogen-bond donors (Lipinski definition) is 1. The summed E-state index contributed by atoms with van der Waals surface area (Å²) >= 11 is 2.04. The second-order valence-electron chi connectivity index (χ2n) is 4.65. The Hall–Kier alpha value is -0.780. The zero-order valence-electron chi connectivity index (χ0n) is 9.82. The van der Waals surface area contributed by atoms with Crippen LogP contribution in [0.2, 0.25) is 0 Å². The van der Waals surface area contributed by atoms with Gasteiger partial charge >= 0.3 is 0 Å². The summed E-state index contributed by atoms with van der Waals surface area (Å²) < 4.78 is 0.765. The zero-order chi connectivity index (χ0) is 12.4. The van der Waals surface area contributed by atoms with Crippen molar-refractivity contribution in [1.29, 1.82) is 0 Å². The molecular weight excluding hydrogens is 329 g/mol. The van der Waals surface area contributed by atoms with E-state index in [2.05, 4.69) is 0 Å². The van der Waals surface area contributed by atoms with Gasteiger partial charge in [0, 0.05) is 19.2 Å². The van der Waals surface area contributed by atoms with E-state index in [1.807, 2.05) is 29.6 Å². The Balaban J connectivity index is 2.04. The number of amides is 1. The highest BCUT2D eigenvalue weighted by Gasteiger charge is 2.22. The van der Waals surface area contributed by atoms with Crippen LogP contribution in [0, 0.1) is 9.49 Å². The smallest absolute Gasteiger partial charge is 0.253 e. The molecule has 0 saturated heterocycles. The highest BCUT2D eigenvalue weighted by molar-refractivity contribution is 14.1. The summed E-state index contributed by atoms with van der Waals surface area (Å²) in [6.07, 6.45) is 3.75. The Morgan fingerprint density at radius 2 is 2.24 bits per heavy atom. The summed E-state index contributed by atoms with van der Waals surface area (Å²) in [6.45, 7) is 0.825. The number of carbonyl (C=O) groups excluding carboxylic acids is 1. The van der Waals surface area contributed by atoms with Gasteiger partial charge < -0.3 is 10.0 Å². The van der Waals surface area contributed by atoms with Gasteiger partial charge in [0.2, 0.25) is 0 Å². The molecule has 1 aliphatic rings. The number of carbonyl (C=O) groups is 1. The molecule has 0 aliphatic heterocycles. The lowest BCUT2D eigenvalue weighted by atomic mass is 9.85. The van der Waals surface area contributed by atoms with E-state index >= 15 is 0 Å². The Morgan fingerprint density at radius 1 is 1.53 bits per heavy atom. The van der Waals surface area contributed by atoms with Crippen molar-refractivity contribution in [2.24, 2.45) is 5.92 Å². The van der Waals surface area contributed by atoms with Gasteiger partial charge in [-0.15, -0.1) is 0 Å². The van der Waals surface area contributed by atoms with Gasteiger partial charge in [0.1, 0.15) is 5.75 Å². The molecule has 1 aliphatic carbocycles. The molecule has 1 N–H and O–H groups in total. The number of phenols is 1. The predicted molar refractivity (Wildman–Crippen MR) is 75.1 cm³/mol. The highest BCUT2D eigenvalue weighted by atomic mass is 127. The fraction of sp³-hybridized carbons (Fsp3) is 0.462. The third-order valence-corrected chi connectivity index (χ3v) is 4.21. The first-order chi connectivity index (χ1) is 8.08. The molecule has 1 aromatic carbocycles. The maximum Gasteiger partial charge on any atom is 0.253 e. The molecule has 0 unspecified atom stereocenters. The molecule has 3 nitrogen and oxygen atoms in total. The molecule has 0 heterocycles. The summed E-state index contributed by atoms with van der Waals surface area (Å²) in [7, 11) is 1.83. The Labute approximate surface area is 115 Å². The first kappa shape index (κ1) is 12.7. The summed E-state index contributed by atoms with van der Waals surface area (Å²) in [5, 5.41) is 9.59. The monoisotopic (exact) mass is 345 g/mol. The predicted octanol–water partition coefficient (Wildman–Crippen LogP) is 2.87. The van der Waals surface area contributed by atoms with Crippen LogP contribution in [0.3, 0.4) is 0 Å². The van der Waals surface area contributed by atoms with Gasteiger partial charge in [0.05, 0.1) is 3.57 Å². The van der Waals surface area contributed by atoms with E-state index in [1.54, 1.807) is 23.1 Å². The van der Waals surface area contributed by atoms with E-state index in [9.17, 15) is 9.90 Å². The second-order valence-corrected chi connectivity index (χ2v) is 5.81. The van der Waals surface area contributed by atoms with Crippen LogP contribution in [0.25, 0.3) is 0 Å². The van der Waals surface area contributed by atoms with Gasteiger partial charge in [-0.3, -0.25) is 4.79 Å². The minimum Gasteiger partial charge on any atom is -0.507 e. The number of halogens is 1. The molecule has 1 aromatic rings. The zero-order valence-corrected chi connectivity index (χ0v) is 12.0. The Morgan fingerprint density at radius 3 is 2.76 bits per heavy atom. The number of nitrogens with zero attached hydrogens (tertiary/aromatic N) is 1. The van der Waals surface area contributed by atoms with E-state index in [-0.39, 0.29) is 11.7 Å². The van der Waals surface area contributed by atoms with Crippen molar-refractivity contribution in [2.75, 3.05) is 13.6 Å². The van der Waals surface area contributed by atoms with Crippen LogP contribution in [0.4, 0.5) is 0 Å². The van der Waals surface area contributed by atoms with Gasteiger partial charge in [-0.25, -0.2) is 0 Å². The van der Waals surface area contributed by atoms with Gasteiger partial charge in [-0.2, -0.15) is 0 Å². The minimum atomic E-state index is -0.0106. The average Bonchev–Trinajstić information content (AvgIpc) is 2.26. The molecule has 1 fully saturated rings. The topological polar surface area (TPSA) is 40.5 Å². The fourth-order valence-electron chi connectivity index (χ4n) is 2.01. The molecule has 1 saturated carbocycles. The van der Waals surface area contributed by atoms with Crippen molar-refractivity contribution in [1.82, 2.24) is 4.90 Å². The van der Waals surface area contributed by atoms with Crippen LogP contribution in [0.15, 0.2) is 18.2 Å². The van der Waals surface area contributed by atoms with Crippen molar-refractivity contribution in [3.05, 3.63) is 27.3 Å². The Bertz CT molecular complexity index is 429. The third kappa shape index (κ3) is 2.91. The maximum absolute atomic E-state index is 12.1. The molecule has 1 amide bonds. The lowest BCUT2D eigenvalue weighted by Crippen LogP contribution is -2.34. The molecule has 0 atom stereocenters. The van der Waals surface area contributed by atoms with E-state index in [0.29, 0.717) is 11.5 Å². The van der Waals surface area contributed by atoms with Gasteiger partial charge in [0.15, 0.2) is 0 Å². The molecule has 17 heavy (non-hydrogen) atoms. The molecular formula is C13H16INO2. The van der Waals surface area contributed by atoms with Gasteiger partial charge in [0.25, 0.3) is 5.91 Å². The first-order valence-electron chi connectivity index (χ1n) is 5.82. The van der Waals surface area contributed by atoms with E-state index in [4.69, 9.17) is 0 Å². The average molecular weight is 345 g/mol. The second kappa shape index (κ2) is 5.25. The quantitative estimate of drug-likeness (QED) is 0.856. The van der Waals surface area contributed by atoms with Crippen LogP contribution >= 0.6 is 22.6 Å². The molecule has 0 bridgehead atoms. The summed E-state index contributed by atoms with van der Waals surface area (Å²) in [5.74, 6) is 0.832. The normalized spacial score (nSPS) is 15.4. The van der Waals surface area contributed by atoms with Crippen LogP contribution in [0.5, 0.6) is 5.75 Å². The minimum absolute atomic E-state index is 0.0106. The highest BCUT2D eigenvalue weighted by Crippen LogP contribution is 2.27. The lowest BCUT2D eigenvalue weighted by Gasteiger charge is -2.30. The van der Waals surface area contributed by atoms with E-state index in [0.717, 1.165) is 10.1 Å². The SMILES string of the molecule is CN(CC1CCC1)C(=O)c1ccc(I)c(O)c1. The van der Waals surface area contributed by atoms with E-state index in [1.165, 1.54) is 19.3 Å². The van der Waals surface area contributed by atoms with Crippen molar-refractivity contribution < 1.29 is 9.90 Å². The van der Waals surface area contributed by atoms with Gasteiger partial charge in [-0.05, 0) is 59.5 Å². The molecule has 92 valence electrons. The summed E-state index contributed by atoms with van der Waals surface area (Å²) in [4.78, 5) is 13.9. The van der Waals surface area contributed by atoms with Gasteiger partial charge in [-0.1, -0.05) is 6.42 Å². The van der Waals surface area contributed by atoms with Crippen molar-refractivity contribution in [2.45, 2.75) is 19.3 Å². The third-order valence-electron chi connectivity index (χ3n) is 3.30. The molecule has 0 spiro atoms.